The molecule has 1 heterocycles. The number of hydrogen-bond acceptors (Lipinski definition) is 6. The van der Waals surface area contributed by atoms with Crippen molar-refractivity contribution in [2.24, 2.45) is 7.05 Å². The number of methoxy groups -OCH3 is 2. The third-order valence-corrected chi connectivity index (χ3v) is 3.09. The lowest BCUT2D eigenvalue weighted by molar-refractivity contribution is -0.385. The van der Waals surface area contributed by atoms with Crippen molar-refractivity contribution in [1.29, 1.82) is 0 Å². The van der Waals surface area contributed by atoms with E-state index in [0.717, 1.165) is 0 Å². The molecular formula is C15H15N3O5. The van der Waals surface area contributed by atoms with Crippen LogP contribution in [-0.2, 0) is 7.05 Å². The van der Waals surface area contributed by atoms with Crippen LogP contribution in [0.5, 0.6) is 11.5 Å². The minimum Gasteiger partial charge on any atom is -0.493 e. The number of nitrogens with zero attached hydrogens (tertiary/aromatic N) is 3. The summed E-state index contributed by atoms with van der Waals surface area (Å²) in [7, 11) is 4.51. The smallest absolute Gasteiger partial charge is 0.318 e. The largest absolute Gasteiger partial charge is 0.493 e. The first kappa shape index (κ1) is 16.2. The maximum absolute atomic E-state index is 12.2. The van der Waals surface area contributed by atoms with Crippen LogP contribution in [0.3, 0.4) is 0 Å². The van der Waals surface area contributed by atoms with Crippen LogP contribution in [0.25, 0.3) is 6.08 Å². The molecule has 1 aromatic carbocycles. The quantitative estimate of drug-likeness (QED) is 0.351. The molecule has 0 aliphatic heterocycles. The Labute approximate surface area is 132 Å². The van der Waals surface area contributed by atoms with Crippen molar-refractivity contribution in [2.75, 3.05) is 14.2 Å². The van der Waals surface area contributed by atoms with Gasteiger partial charge in [0.1, 0.15) is 6.20 Å². The van der Waals surface area contributed by atoms with Crippen molar-refractivity contribution in [3.05, 3.63) is 51.8 Å². The van der Waals surface area contributed by atoms with Gasteiger partial charge in [0.15, 0.2) is 11.5 Å². The SMILES string of the molecule is COc1cccc(/C=C/C(=O)c2nn(C)cc2[N+](=O)[O-])c1OC. The van der Waals surface area contributed by atoms with Crippen molar-refractivity contribution in [1.82, 2.24) is 9.78 Å². The number of nitro groups is 1. The van der Waals surface area contributed by atoms with Crippen molar-refractivity contribution >= 4 is 17.5 Å². The number of aromatic nitrogens is 2. The van der Waals surface area contributed by atoms with Gasteiger partial charge in [-0.15, -0.1) is 0 Å². The minimum absolute atomic E-state index is 0.212. The molecule has 0 bridgehead atoms. The molecule has 0 spiro atoms. The molecule has 0 N–H and O–H groups in total. The van der Waals surface area contributed by atoms with Crippen molar-refractivity contribution < 1.29 is 19.2 Å². The van der Waals surface area contributed by atoms with Gasteiger partial charge < -0.3 is 9.47 Å². The molecule has 0 aliphatic carbocycles. The van der Waals surface area contributed by atoms with Crippen molar-refractivity contribution in [2.45, 2.75) is 0 Å². The Bertz CT molecular complexity index is 779. The Balaban J connectivity index is 2.34. The number of para-hydroxylation sites is 1. The predicted octanol–water partition coefficient (Wildman–Crippen LogP) is 2.24. The molecule has 8 nitrogen and oxygen atoms in total. The van der Waals surface area contributed by atoms with Crippen LogP contribution in [-0.4, -0.2) is 34.7 Å². The molecule has 0 fully saturated rings. The lowest BCUT2D eigenvalue weighted by atomic mass is 10.1. The van der Waals surface area contributed by atoms with Crippen LogP contribution < -0.4 is 9.47 Å². The van der Waals surface area contributed by atoms with E-state index in [1.807, 2.05) is 0 Å². The van der Waals surface area contributed by atoms with Gasteiger partial charge in [-0.05, 0) is 18.2 Å². The maximum atomic E-state index is 12.2. The lowest BCUT2D eigenvalue weighted by Crippen LogP contribution is -2.01. The van der Waals surface area contributed by atoms with E-state index in [2.05, 4.69) is 5.10 Å². The number of ketones is 1. The minimum atomic E-state index is -0.639. The van der Waals surface area contributed by atoms with Gasteiger partial charge in [-0.3, -0.25) is 19.6 Å². The van der Waals surface area contributed by atoms with Crippen LogP contribution >= 0.6 is 0 Å². The van der Waals surface area contributed by atoms with Gasteiger partial charge in [0.2, 0.25) is 11.5 Å². The fraction of sp³-hybridized carbons (Fsp3) is 0.200. The van der Waals surface area contributed by atoms with E-state index >= 15 is 0 Å². The first-order chi connectivity index (χ1) is 11.0. The number of hydrogen-bond donors (Lipinski definition) is 0. The summed E-state index contributed by atoms with van der Waals surface area (Å²) >= 11 is 0. The monoisotopic (exact) mass is 317 g/mol. The molecule has 0 amide bonds. The number of carbonyl (C=O) groups excluding carboxylic acids is 1. The average molecular weight is 317 g/mol. The van der Waals surface area contributed by atoms with E-state index in [-0.39, 0.29) is 11.4 Å². The van der Waals surface area contributed by atoms with E-state index < -0.39 is 10.7 Å². The summed E-state index contributed by atoms with van der Waals surface area (Å²) < 4.78 is 11.7. The first-order valence-corrected chi connectivity index (χ1v) is 6.59. The summed E-state index contributed by atoms with van der Waals surface area (Å²) in [4.78, 5) is 22.5. The predicted molar refractivity (Wildman–Crippen MR) is 82.8 cm³/mol. The molecule has 0 unspecified atom stereocenters. The second-order valence-corrected chi connectivity index (χ2v) is 4.57. The molecule has 0 radical (unpaired) electrons. The average Bonchev–Trinajstić information content (AvgIpc) is 2.94. The molecule has 2 rings (SSSR count). The van der Waals surface area contributed by atoms with Gasteiger partial charge in [0.25, 0.3) is 0 Å². The molecule has 23 heavy (non-hydrogen) atoms. The van der Waals surface area contributed by atoms with Gasteiger partial charge in [-0.1, -0.05) is 12.1 Å². The summed E-state index contributed by atoms with van der Waals surface area (Å²) in [5.41, 5.74) is 0.0640. The van der Waals surface area contributed by atoms with E-state index in [9.17, 15) is 14.9 Å². The zero-order valence-corrected chi connectivity index (χ0v) is 12.8. The van der Waals surface area contributed by atoms with E-state index in [4.69, 9.17) is 9.47 Å². The van der Waals surface area contributed by atoms with E-state index in [1.54, 1.807) is 18.2 Å². The van der Waals surface area contributed by atoms with Crippen LogP contribution in [0.1, 0.15) is 16.1 Å². The molecule has 8 heteroatoms. The zero-order chi connectivity index (χ0) is 17.0. The Morgan fingerprint density at radius 3 is 2.70 bits per heavy atom. The molecule has 0 saturated heterocycles. The first-order valence-electron chi connectivity index (χ1n) is 6.59. The second kappa shape index (κ2) is 6.73. The zero-order valence-electron chi connectivity index (χ0n) is 12.8. The summed E-state index contributed by atoms with van der Waals surface area (Å²) in [5.74, 6) is 0.419. The van der Waals surface area contributed by atoms with Crippen LogP contribution in [0, 0.1) is 10.1 Å². The van der Waals surface area contributed by atoms with Crippen LogP contribution in [0.4, 0.5) is 5.69 Å². The number of carbonyl (C=O) groups is 1. The number of benzene rings is 1. The molecule has 1 aromatic heterocycles. The Morgan fingerprint density at radius 1 is 1.35 bits per heavy atom. The van der Waals surface area contributed by atoms with E-state index in [1.165, 1.54) is 44.3 Å². The molecule has 0 atom stereocenters. The standard InChI is InChI=1S/C15H15N3O5/c1-17-9-11(18(20)21)14(16-17)12(19)8-7-10-5-4-6-13(22-2)15(10)23-3/h4-9H,1-3H3/b8-7+. The summed E-state index contributed by atoms with van der Waals surface area (Å²) in [5, 5.41) is 14.8. The van der Waals surface area contributed by atoms with Gasteiger partial charge in [0.05, 0.1) is 19.1 Å². The second-order valence-electron chi connectivity index (χ2n) is 4.57. The van der Waals surface area contributed by atoms with Gasteiger partial charge in [0, 0.05) is 12.6 Å². The Hall–Kier alpha value is -3.16. The number of aryl methyl sites for hydroxylation is 1. The summed E-state index contributed by atoms with van der Waals surface area (Å²) in [6.45, 7) is 0. The fourth-order valence-corrected chi connectivity index (χ4v) is 2.07. The van der Waals surface area contributed by atoms with E-state index in [0.29, 0.717) is 17.1 Å². The van der Waals surface area contributed by atoms with Crippen molar-refractivity contribution in [3.63, 3.8) is 0 Å². The number of rotatable bonds is 6. The van der Waals surface area contributed by atoms with Gasteiger partial charge in [-0.2, -0.15) is 5.10 Å². The van der Waals surface area contributed by atoms with Crippen LogP contribution in [0.15, 0.2) is 30.5 Å². The molecule has 0 aliphatic rings. The highest BCUT2D eigenvalue weighted by Crippen LogP contribution is 2.31. The molecule has 120 valence electrons. The summed E-state index contributed by atoms with van der Waals surface area (Å²) in [6, 6.07) is 5.20. The maximum Gasteiger partial charge on any atom is 0.318 e. The highest BCUT2D eigenvalue weighted by molar-refractivity contribution is 6.08. The highest BCUT2D eigenvalue weighted by atomic mass is 16.6. The molecule has 0 saturated carbocycles. The lowest BCUT2D eigenvalue weighted by Gasteiger charge is -2.09. The summed E-state index contributed by atoms with van der Waals surface area (Å²) in [6.07, 6.45) is 3.90. The van der Waals surface area contributed by atoms with Crippen molar-refractivity contribution in [3.8, 4) is 11.5 Å². The molecule has 2 aromatic rings. The fourth-order valence-electron chi connectivity index (χ4n) is 2.07. The third-order valence-electron chi connectivity index (χ3n) is 3.09. The molecular weight excluding hydrogens is 302 g/mol. The van der Waals surface area contributed by atoms with Gasteiger partial charge >= 0.3 is 5.69 Å². The van der Waals surface area contributed by atoms with Gasteiger partial charge in [-0.25, -0.2) is 0 Å². The van der Waals surface area contributed by atoms with Crippen LogP contribution in [0.2, 0.25) is 0 Å². The number of allylic oxidation sites excluding steroid dienone is 1. The Morgan fingerprint density at radius 2 is 2.09 bits per heavy atom. The Kier molecular flexibility index (Phi) is 4.75. The third kappa shape index (κ3) is 3.37. The topological polar surface area (TPSA) is 96.5 Å². The number of ether oxygens (including phenoxy) is 2. The highest BCUT2D eigenvalue weighted by Gasteiger charge is 2.23. The normalized spacial score (nSPS) is 10.7.